The first kappa shape index (κ1) is 52.9. The fraction of sp³-hybridized carbons (Fsp3) is 0.403. The molecular formula is C77H85BN2S. The molecule has 9 aromatic rings. The number of nitrogens with zero attached hydrogens (tertiary/aromatic N) is 2. The smallest absolute Gasteiger partial charge is 0.264 e. The van der Waals surface area contributed by atoms with E-state index in [1.807, 2.05) is 0 Å². The predicted molar refractivity (Wildman–Crippen MR) is 355 cm³/mol. The molecule has 0 N–H and O–H groups in total. The Kier molecular flexibility index (Phi) is 11.4. The summed E-state index contributed by atoms with van der Waals surface area (Å²) < 4.78 is 2.90. The standard InChI is InChI=1S/C77H85BN2S/c1-46-38-65-68-66(39-46)80(50-27-25-49(26-28-50)71(2,3)4)69-56-42-59-62(77(15,16)36-33-74(59,9)10)45-67(56)81-70(69)78(68)63-43-60-61(76(13,14)35-34-75(60,11)12)44-64(63)79(65)37-30-48-40-57-58(73(7,8)32-31-72(57,5)6)41-55(48)53-23-19-22-52-51-21-18-17-20-47(51)24-29-54(52)53/h17-29,38-45H,30-37H2,1-16H3. The molecule has 0 atom stereocenters. The Morgan fingerprint density at radius 1 is 0.481 bits per heavy atom. The zero-order chi connectivity index (χ0) is 56.9. The minimum Gasteiger partial charge on any atom is -0.342 e. The van der Waals surface area contributed by atoms with Gasteiger partial charge in [-0.3, -0.25) is 0 Å². The molecule has 412 valence electrons. The fourth-order valence-electron chi connectivity index (χ4n) is 16.1. The lowest BCUT2D eigenvalue weighted by Crippen LogP contribution is -2.61. The Morgan fingerprint density at radius 2 is 1.04 bits per heavy atom. The van der Waals surface area contributed by atoms with Gasteiger partial charge in [-0.25, -0.2) is 0 Å². The van der Waals surface area contributed by atoms with Crippen LogP contribution in [0, 0.1) is 6.92 Å². The van der Waals surface area contributed by atoms with Gasteiger partial charge in [0.2, 0.25) is 0 Å². The maximum Gasteiger partial charge on any atom is 0.264 e. The van der Waals surface area contributed by atoms with Crippen LogP contribution in [0.4, 0.5) is 28.4 Å². The molecule has 3 heterocycles. The summed E-state index contributed by atoms with van der Waals surface area (Å²) in [6.07, 6.45) is 8.04. The van der Waals surface area contributed by atoms with Gasteiger partial charge in [-0.15, -0.1) is 11.3 Å². The minimum absolute atomic E-state index is 0.0449. The van der Waals surface area contributed by atoms with Crippen LogP contribution in [-0.4, -0.2) is 13.3 Å². The highest BCUT2D eigenvalue weighted by atomic mass is 32.1. The first-order valence-electron chi connectivity index (χ1n) is 30.9. The molecule has 0 saturated heterocycles. The lowest BCUT2D eigenvalue weighted by molar-refractivity contribution is 0.331. The number of rotatable bonds is 5. The molecule has 4 heteroatoms. The van der Waals surface area contributed by atoms with Crippen LogP contribution in [0.2, 0.25) is 0 Å². The van der Waals surface area contributed by atoms with Crippen molar-refractivity contribution in [1.29, 1.82) is 0 Å². The fourth-order valence-corrected chi connectivity index (χ4v) is 17.4. The maximum atomic E-state index is 2.83. The summed E-state index contributed by atoms with van der Waals surface area (Å²) in [5.41, 5.74) is 26.2. The molecule has 81 heavy (non-hydrogen) atoms. The van der Waals surface area contributed by atoms with Crippen LogP contribution in [0.3, 0.4) is 0 Å². The van der Waals surface area contributed by atoms with E-state index < -0.39 is 0 Å². The summed E-state index contributed by atoms with van der Waals surface area (Å²) in [5, 5.41) is 6.69. The van der Waals surface area contributed by atoms with Gasteiger partial charge in [-0.05, 0) is 226 Å². The molecule has 0 radical (unpaired) electrons. The number of anilines is 5. The second kappa shape index (κ2) is 17.5. The van der Waals surface area contributed by atoms with Crippen LogP contribution in [0.5, 0.6) is 0 Å². The first-order valence-corrected chi connectivity index (χ1v) is 31.7. The third-order valence-electron chi connectivity index (χ3n) is 21.6. The number of aryl methyl sites for hydroxylation is 1. The Morgan fingerprint density at radius 3 is 1.68 bits per heavy atom. The Labute approximate surface area is 489 Å². The molecule has 3 aliphatic carbocycles. The van der Waals surface area contributed by atoms with Gasteiger partial charge in [-0.1, -0.05) is 189 Å². The molecule has 5 aliphatic rings. The molecule has 0 saturated carbocycles. The number of hydrogen-bond acceptors (Lipinski definition) is 3. The van der Waals surface area contributed by atoms with E-state index in [0.717, 1.165) is 13.0 Å². The van der Waals surface area contributed by atoms with Crippen LogP contribution in [0.15, 0.2) is 127 Å². The summed E-state index contributed by atoms with van der Waals surface area (Å²) >= 11 is 2.09. The topological polar surface area (TPSA) is 6.48 Å². The van der Waals surface area contributed by atoms with E-state index in [1.54, 1.807) is 11.1 Å². The quantitative estimate of drug-likeness (QED) is 0.125. The van der Waals surface area contributed by atoms with Crippen molar-refractivity contribution in [2.24, 2.45) is 0 Å². The van der Waals surface area contributed by atoms with Crippen molar-refractivity contribution < 1.29 is 0 Å². The second-order valence-electron chi connectivity index (χ2n) is 30.9. The van der Waals surface area contributed by atoms with E-state index in [4.69, 9.17) is 0 Å². The molecule has 0 fully saturated rings. The summed E-state index contributed by atoms with van der Waals surface area (Å²) in [6, 6.07) is 51.7. The molecule has 2 aliphatic heterocycles. The van der Waals surface area contributed by atoms with Crippen molar-refractivity contribution in [1.82, 2.24) is 0 Å². The third kappa shape index (κ3) is 8.05. The summed E-state index contributed by atoms with van der Waals surface area (Å²) in [7, 11) is 0. The van der Waals surface area contributed by atoms with Crippen molar-refractivity contribution in [3.8, 4) is 11.1 Å². The summed E-state index contributed by atoms with van der Waals surface area (Å²) in [6.45, 7) is 40.4. The molecule has 0 amide bonds. The molecule has 1 aromatic heterocycles. The normalized spacial score (nSPS) is 19.4. The molecular weight excluding hydrogens is 996 g/mol. The van der Waals surface area contributed by atoms with Crippen LogP contribution in [0.1, 0.15) is 192 Å². The Hall–Kier alpha value is -6.10. The van der Waals surface area contributed by atoms with Crippen molar-refractivity contribution in [2.75, 3.05) is 16.3 Å². The molecule has 0 spiro atoms. The van der Waals surface area contributed by atoms with Crippen LogP contribution >= 0.6 is 11.3 Å². The van der Waals surface area contributed by atoms with E-state index in [0.29, 0.717) is 0 Å². The van der Waals surface area contributed by atoms with Gasteiger partial charge in [0.05, 0.1) is 5.69 Å². The van der Waals surface area contributed by atoms with Crippen molar-refractivity contribution in [2.45, 2.75) is 194 Å². The summed E-state index contributed by atoms with van der Waals surface area (Å²) in [4.78, 5) is 5.55. The van der Waals surface area contributed by atoms with Crippen LogP contribution < -0.4 is 25.5 Å². The SMILES string of the molecule is Cc1cc2c3c(c1)N(c1ccc(C(C)(C)C)cc1)c1c(sc4cc5c(cc14)C(C)(C)CCC5(C)C)B3c1cc3c(cc1N2CCc1cc2c(cc1-c1cccc4c1ccc1ccccc14)C(C)(C)CCC2(C)C)C(C)(C)CCC3(C)C. The number of hydrogen-bond donors (Lipinski definition) is 0. The van der Waals surface area contributed by atoms with Gasteiger partial charge in [0.15, 0.2) is 0 Å². The zero-order valence-electron chi connectivity index (χ0n) is 51.7. The average Bonchev–Trinajstić information content (AvgIpc) is 2.58. The highest BCUT2D eigenvalue weighted by molar-refractivity contribution is 7.33. The zero-order valence-corrected chi connectivity index (χ0v) is 52.5. The third-order valence-corrected chi connectivity index (χ3v) is 22.8. The van der Waals surface area contributed by atoms with Gasteiger partial charge < -0.3 is 9.80 Å². The average molecular weight is 1080 g/mol. The first-order chi connectivity index (χ1) is 38.1. The number of thiophene rings is 1. The van der Waals surface area contributed by atoms with Crippen LogP contribution in [-0.2, 0) is 44.3 Å². The van der Waals surface area contributed by atoms with E-state index in [-0.39, 0.29) is 44.6 Å². The van der Waals surface area contributed by atoms with E-state index in [9.17, 15) is 0 Å². The van der Waals surface area contributed by atoms with Crippen LogP contribution in [0.25, 0.3) is 42.8 Å². The van der Waals surface area contributed by atoms with Crippen molar-refractivity contribution >= 4 is 93.8 Å². The maximum absolute atomic E-state index is 2.83. The monoisotopic (exact) mass is 1080 g/mol. The van der Waals surface area contributed by atoms with E-state index in [1.165, 1.54) is 164 Å². The number of benzene rings is 8. The highest BCUT2D eigenvalue weighted by Crippen LogP contribution is 2.55. The summed E-state index contributed by atoms with van der Waals surface area (Å²) in [5.74, 6) is 0. The van der Waals surface area contributed by atoms with Gasteiger partial charge in [0.1, 0.15) is 0 Å². The lowest BCUT2D eigenvalue weighted by Gasteiger charge is -2.47. The largest absolute Gasteiger partial charge is 0.342 e. The second-order valence-corrected chi connectivity index (χ2v) is 32.0. The van der Waals surface area contributed by atoms with Gasteiger partial charge >= 0.3 is 0 Å². The van der Waals surface area contributed by atoms with Gasteiger partial charge in [-0.2, -0.15) is 0 Å². The molecule has 0 unspecified atom stereocenters. The van der Waals surface area contributed by atoms with E-state index >= 15 is 0 Å². The van der Waals surface area contributed by atoms with Crippen molar-refractivity contribution in [3.05, 3.63) is 177 Å². The van der Waals surface area contributed by atoms with E-state index in [2.05, 4.69) is 259 Å². The number of fused-ring (bicyclic) bond motifs is 12. The lowest BCUT2D eigenvalue weighted by atomic mass is 9.35. The Balaban J connectivity index is 1.03. The Bertz CT molecular complexity index is 4130. The molecule has 2 nitrogen and oxygen atoms in total. The molecule has 0 bridgehead atoms. The van der Waals surface area contributed by atoms with Crippen molar-refractivity contribution in [3.63, 3.8) is 0 Å². The van der Waals surface area contributed by atoms with Gasteiger partial charge in [0, 0.05) is 44.2 Å². The molecule has 8 aromatic carbocycles. The van der Waals surface area contributed by atoms with Gasteiger partial charge in [0.25, 0.3) is 6.71 Å². The minimum atomic E-state index is 0.0449. The molecule has 14 rings (SSSR count). The highest BCUT2D eigenvalue weighted by Gasteiger charge is 2.49. The predicted octanol–water partition coefficient (Wildman–Crippen LogP) is 19.5.